The number of rotatable bonds is 5. The van der Waals surface area contributed by atoms with E-state index in [0.29, 0.717) is 29.4 Å². The highest BCUT2D eigenvalue weighted by Gasteiger charge is 2.39. The summed E-state index contributed by atoms with van der Waals surface area (Å²) in [7, 11) is 0. The smallest absolute Gasteiger partial charge is 0.0645 e. The lowest BCUT2D eigenvalue weighted by molar-refractivity contribution is 0.714. The van der Waals surface area contributed by atoms with Gasteiger partial charge in [-0.05, 0) is 174 Å². The van der Waals surface area contributed by atoms with Gasteiger partial charge in [0.2, 0.25) is 0 Å². The Hall–Kier alpha value is -4.10. The van der Waals surface area contributed by atoms with Crippen molar-refractivity contribution in [1.82, 2.24) is 0 Å². The van der Waals surface area contributed by atoms with Crippen LogP contribution in [0.1, 0.15) is 109 Å². The molecule has 0 amide bonds. The lowest BCUT2D eigenvalue weighted by atomic mass is 9.84. The zero-order chi connectivity index (χ0) is 37.4. The molecule has 9 rings (SSSR count). The van der Waals surface area contributed by atoms with E-state index in [-0.39, 0.29) is 11.4 Å². The van der Waals surface area contributed by atoms with Crippen molar-refractivity contribution in [2.75, 3.05) is 4.90 Å². The first kappa shape index (κ1) is 17.3. The Kier molecular flexibility index (Phi) is 3.90. The molecule has 0 aliphatic heterocycles. The van der Waals surface area contributed by atoms with E-state index >= 15 is 0 Å². The third-order valence-corrected chi connectivity index (χ3v) is 10.7. The van der Waals surface area contributed by atoms with E-state index in [0.717, 1.165) is 22.3 Å². The van der Waals surface area contributed by atoms with E-state index in [1.165, 1.54) is 76.8 Å². The maximum Gasteiger partial charge on any atom is 0.0645 e. The van der Waals surface area contributed by atoms with Gasteiger partial charge in [0.15, 0.2) is 0 Å². The predicted octanol–water partition coefficient (Wildman–Crippen LogP) is 11.8. The molecule has 43 heavy (non-hydrogen) atoms. The topological polar surface area (TPSA) is 3.24 Å². The van der Waals surface area contributed by atoms with Crippen molar-refractivity contribution in [3.05, 3.63) is 136 Å². The highest BCUT2D eigenvalue weighted by Crippen LogP contribution is 2.56. The molecule has 1 nitrogen and oxygen atoms in total. The van der Waals surface area contributed by atoms with Crippen molar-refractivity contribution in [1.29, 1.82) is 0 Å². The fourth-order valence-corrected chi connectivity index (χ4v) is 8.98. The van der Waals surface area contributed by atoms with Gasteiger partial charge in [-0.25, -0.2) is 0 Å². The summed E-state index contributed by atoms with van der Waals surface area (Å²) in [6.45, 7) is 4.33. The second-order valence-electron chi connectivity index (χ2n) is 13.1. The molecule has 5 aromatic rings. The van der Waals surface area contributed by atoms with Gasteiger partial charge in [0.1, 0.15) is 0 Å². The van der Waals surface area contributed by atoms with E-state index in [9.17, 15) is 0 Å². The molecule has 0 heterocycles. The van der Waals surface area contributed by atoms with Gasteiger partial charge in [-0.3, -0.25) is 0 Å². The number of anilines is 3. The van der Waals surface area contributed by atoms with Gasteiger partial charge in [-0.1, -0.05) is 60.5 Å². The highest BCUT2D eigenvalue weighted by atomic mass is 15.1. The summed E-state index contributed by atoms with van der Waals surface area (Å²) in [6.07, 6.45) is 7.09. The van der Waals surface area contributed by atoms with Crippen LogP contribution in [-0.2, 0) is 0 Å². The van der Waals surface area contributed by atoms with Crippen molar-refractivity contribution in [2.24, 2.45) is 0 Å². The molecule has 4 bridgehead atoms. The van der Waals surface area contributed by atoms with Gasteiger partial charge in [-0.2, -0.15) is 0 Å². The van der Waals surface area contributed by atoms with Crippen LogP contribution in [-0.4, -0.2) is 0 Å². The summed E-state index contributed by atoms with van der Waals surface area (Å²) in [6, 6.07) is 9.19. The Morgan fingerprint density at radius 1 is 0.488 bits per heavy atom. The molecule has 5 aromatic carbocycles. The number of fused-ring (bicyclic) bond motifs is 10. The number of aryl methyl sites for hydroxylation is 2. The lowest BCUT2D eigenvalue weighted by Crippen LogP contribution is -2.10. The first-order valence-corrected chi connectivity index (χ1v) is 15.6. The van der Waals surface area contributed by atoms with Gasteiger partial charge in [0, 0.05) is 17.1 Å². The maximum atomic E-state index is 9.04. The van der Waals surface area contributed by atoms with Crippen molar-refractivity contribution >= 4 is 17.1 Å². The first-order valence-electron chi connectivity index (χ1n) is 20.6. The average Bonchev–Trinajstić information content (AvgIpc) is 3.97. The number of hydrogen-bond donors (Lipinski definition) is 0. The molecule has 0 spiro atoms. The molecule has 4 atom stereocenters. The van der Waals surface area contributed by atoms with Crippen LogP contribution >= 0.6 is 0 Å². The minimum absolute atomic E-state index is 0.289. The molecular weight excluding hydrogens is 518 g/mol. The molecule has 4 unspecified atom stereocenters. The third-order valence-electron chi connectivity index (χ3n) is 10.7. The van der Waals surface area contributed by atoms with E-state index in [1.54, 1.807) is 0 Å². The van der Waals surface area contributed by atoms with Crippen LogP contribution in [0.2, 0.25) is 0 Å². The van der Waals surface area contributed by atoms with E-state index in [4.69, 9.17) is 13.7 Å². The lowest BCUT2D eigenvalue weighted by Gasteiger charge is -2.27. The normalized spacial score (nSPS) is 25.8. The van der Waals surface area contributed by atoms with Gasteiger partial charge in [0.25, 0.3) is 0 Å². The first-order chi connectivity index (χ1) is 25.2. The third kappa shape index (κ3) is 4.04. The van der Waals surface area contributed by atoms with Crippen molar-refractivity contribution in [2.45, 2.75) is 76.0 Å². The Morgan fingerprint density at radius 2 is 0.907 bits per heavy atom. The standard InChI is InChI=1S/C42H39N/c1-26-17-32(24-39-28-13-15-30(19-28)41(26)39)34-21-35(33-18-27(2)42-31-16-14-29(20-31)40(42)25-33)23-38(22-34)43(36-9-5-3-6-10-36)37-11-7-4-8-12-37/h3-12,17-18,21-25,28-31H,13-16,19-20H2,1-2H3/i3D,4D,5D,6D,7D,8D,9D,10D,11D,12D. The molecule has 2 saturated carbocycles. The Labute approximate surface area is 270 Å². The summed E-state index contributed by atoms with van der Waals surface area (Å²) >= 11 is 0. The number of hydrogen-bond acceptors (Lipinski definition) is 1. The van der Waals surface area contributed by atoms with Crippen LogP contribution < -0.4 is 4.90 Å². The monoisotopic (exact) mass is 567 g/mol. The fraction of sp³-hybridized carbons (Fsp3) is 0.286. The van der Waals surface area contributed by atoms with Crippen LogP contribution in [0.15, 0.2) is 103 Å². The quantitative estimate of drug-likeness (QED) is 0.204. The number of nitrogens with zero attached hydrogens (tertiary/aromatic N) is 1. The van der Waals surface area contributed by atoms with Crippen LogP contribution in [0.5, 0.6) is 0 Å². The van der Waals surface area contributed by atoms with E-state index < -0.39 is 60.4 Å². The largest absolute Gasteiger partial charge is 0.310 e. The number of benzene rings is 5. The zero-order valence-corrected chi connectivity index (χ0v) is 24.5. The van der Waals surface area contributed by atoms with Gasteiger partial charge < -0.3 is 4.90 Å². The fourth-order valence-electron chi connectivity index (χ4n) is 8.98. The van der Waals surface area contributed by atoms with Crippen molar-refractivity contribution < 1.29 is 13.7 Å². The minimum atomic E-state index is -0.580. The SMILES string of the molecule is [2H]c1c([2H])c([2H])c(N(c2cc(-c3cc(C)c4c(c3)C3CCC4C3)cc(-c3cc(C)c4c(c3)C3CCC4C3)c2)c2c([2H])c([2H])c([2H])c([2H])c2[2H])c([2H])c1[2H]. The molecular formula is C42H39N. The molecule has 2 fully saturated rings. The van der Waals surface area contributed by atoms with Crippen molar-refractivity contribution in [3.63, 3.8) is 0 Å². The minimum Gasteiger partial charge on any atom is -0.310 e. The maximum absolute atomic E-state index is 9.04. The van der Waals surface area contributed by atoms with Gasteiger partial charge in [0.05, 0.1) is 13.7 Å². The van der Waals surface area contributed by atoms with E-state index in [1.807, 2.05) is 12.1 Å². The molecule has 0 aromatic heterocycles. The van der Waals surface area contributed by atoms with Crippen LogP contribution in [0.3, 0.4) is 0 Å². The Morgan fingerprint density at radius 3 is 1.37 bits per heavy atom. The summed E-state index contributed by atoms with van der Waals surface area (Å²) in [5.41, 5.74) is 11.5. The highest BCUT2D eigenvalue weighted by molar-refractivity contribution is 5.86. The zero-order valence-electron chi connectivity index (χ0n) is 34.5. The molecule has 4 aliphatic rings. The molecule has 1 heteroatoms. The van der Waals surface area contributed by atoms with Crippen molar-refractivity contribution in [3.8, 4) is 22.3 Å². The summed E-state index contributed by atoms with van der Waals surface area (Å²) in [5, 5.41) is 0. The molecule has 0 saturated heterocycles. The summed E-state index contributed by atoms with van der Waals surface area (Å²) < 4.78 is 87.1. The second kappa shape index (κ2) is 9.71. The average molecular weight is 568 g/mol. The van der Waals surface area contributed by atoms with Crippen LogP contribution in [0, 0.1) is 13.8 Å². The number of para-hydroxylation sites is 2. The molecule has 0 radical (unpaired) electrons. The van der Waals surface area contributed by atoms with Crippen LogP contribution in [0.4, 0.5) is 17.1 Å². The van der Waals surface area contributed by atoms with Gasteiger partial charge in [-0.15, -0.1) is 0 Å². The van der Waals surface area contributed by atoms with Gasteiger partial charge >= 0.3 is 0 Å². The second-order valence-corrected chi connectivity index (χ2v) is 13.1. The Bertz CT molecular complexity index is 2220. The molecule has 0 N–H and O–H groups in total. The molecule has 4 aliphatic carbocycles. The predicted molar refractivity (Wildman–Crippen MR) is 180 cm³/mol. The summed E-state index contributed by atoms with van der Waals surface area (Å²) in [5.74, 6) is 2.19. The Balaban J connectivity index is 1.36. The van der Waals surface area contributed by atoms with Crippen LogP contribution in [0.25, 0.3) is 22.3 Å². The molecule has 212 valence electrons. The summed E-state index contributed by atoms with van der Waals surface area (Å²) in [4.78, 5) is 1.29. The van der Waals surface area contributed by atoms with E-state index in [2.05, 4.69) is 44.2 Å².